The second-order valence-corrected chi connectivity index (χ2v) is 8.52. The Hall–Kier alpha value is -1.28. The van der Waals surface area contributed by atoms with Gasteiger partial charge in [-0.15, -0.1) is 0 Å². The van der Waals surface area contributed by atoms with Crippen molar-refractivity contribution in [3.05, 3.63) is 64.4 Å². The van der Waals surface area contributed by atoms with E-state index in [-0.39, 0.29) is 4.90 Å². The number of hydrogen-bond donors (Lipinski definition) is 0. The Bertz CT molecular complexity index is 821. The van der Waals surface area contributed by atoms with Gasteiger partial charge in [-0.25, -0.2) is 12.8 Å². The van der Waals surface area contributed by atoms with E-state index in [9.17, 15) is 12.8 Å². The number of hydrogen-bond acceptors (Lipinski definition) is 3. The van der Waals surface area contributed by atoms with Crippen molar-refractivity contribution in [3.8, 4) is 0 Å². The van der Waals surface area contributed by atoms with Gasteiger partial charge in [0.1, 0.15) is 5.82 Å². The van der Waals surface area contributed by atoms with Crippen LogP contribution in [0.5, 0.6) is 0 Å². The van der Waals surface area contributed by atoms with Crippen molar-refractivity contribution in [2.45, 2.75) is 11.4 Å². The Kier molecular flexibility index (Phi) is 5.34. The van der Waals surface area contributed by atoms with Gasteiger partial charge in [0.25, 0.3) is 0 Å². The summed E-state index contributed by atoms with van der Waals surface area (Å²) in [6, 6.07) is 13.2. The van der Waals surface area contributed by atoms with Crippen molar-refractivity contribution in [2.24, 2.45) is 0 Å². The molecule has 0 spiro atoms. The molecule has 0 saturated carbocycles. The predicted octanol–water partition coefficient (Wildman–Crippen LogP) is 3.09. The Labute approximate surface area is 150 Å². The molecule has 3 rings (SSSR count). The summed E-state index contributed by atoms with van der Waals surface area (Å²) in [5.74, 6) is -0.538. The number of halogens is 2. The average Bonchev–Trinajstić information content (AvgIpc) is 2.57. The van der Waals surface area contributed by atoms with E-state index < -0.39 is 15.8 Å². The lowest BCUT2D eigenvalue weighted by Crippen LogP contribution is -2.48. The van der Waals surface area contributed by atoms with Gasteiger partial charge in [-0.1, -0.05) is 40.2 Å². The highest BCUT2D eigenvalue weighted by Crippen LogP contribution is 2.21. The second kappa shape index (κ2) is 7.31. The number of piperazine rings is 1. The fraction of sp³-hybridized carbons (Fsp3) is 0.294. The van der Waals surface area contributed by atoms with Gasteiger partial charge in [0.05, 0.1) is 4.90 Å². The summed E-state index contributed by atoms with van der Waals surface area (Å²) in [6.07, 6.45) is 0. The first kappa shape index (κ1) is 17.5. The molecule has 1 fully saturated rings. The standard InChI is InChI=1S/C17H18BrFN2O2S/c18-17-7-2-1-4-14(17)13-20-8-10-21(11-9-20)24(22,23)16-6-3-5-15(19)12-16/h1-7,12H,8-11,13H2. The van der Waals surface area contributed by atoms with E-state index in [1.54, 1.807) is 0 Å². The lowest BCUT2D eigenvalue weighted by Gasteiger charge is -2.34. The van der Waals surface area contributed by atoms with Gasteiger partial charge in [0.2, 0.25) is 10.0 Å². The molecule has 0 unspecified atom stereocenters. The highest BCUT2D eigenvalue weighted by atomic mass is 79.9. The van der Waals surface area contributed by atoms with E-state index in [1.807, 2.05) is 18.2 Å². The molecule has 0 aliphatic carbocycles. The highest BCUT2D eigenvalue weighted by molar-refractivity contribution is 9.10. The Morgan fingerprint density at radius 1 is 1.00 bits per heavy atom. The molecule has 7 heteroatoms. The molecule has 0 radical (unpaired) electrons. The van der Waals surface area contributed by atoms with Crippen molar-refractivity contribution < 1.29 is 12.8 Å². The van der Waals surface area contributed by atoms with E-state index in [0.717, 1.165) is 17.1 Å². The van der Waals surface area contributed by atoms with E-state index >= 15 is 0 Å². The van der Waals surface area contributed by atoms with Crippen molar-refractivity contribution in [1.82, 2.24) is 9.21 Å². The van der Waals surface area contributed by atoms with E-state index in [4.69, 9.17) is 0 Å². The van der Waals surface area contributed by atoms with Crippen LogP contribution in [0.25, 0.3) is 0 Å². The smallest absolute Gasteiger partial charge is 0.243 e. The first-order valence-electron chi connectivity index (χ1n) is 7.68. The molecule has 2 aromatic rings. The van der Waals surface area contributed by atoms with Crippen LogP contribution in [0.3, 0.4) is 0 Å². The summed E-state index contributed by atoms with van der Waals surface area (Å²) in [5.41, 5.74) is 1.18. The number of benzene rings is 2. The van der Waals surface area contributed by atoms with Crippen LogP contribution in [0, 0.1) is 5.82 Å². The fourth-order valence-corrected chi connectivity index (χ4v) is 4.64. The van der Waals surface area contributed by atoms with Gasteiger partial charge in [0, 0.05) is 37.2 Å². The molecule has 2 aromatic carbocycles. The zero-order chi connectivity index (χ0) is 17.2. The van der Waals surface area contributed by atoms with Gasteiger partial charge >= 0.3 is 0 Å². The summed E-state index contributed by atoms with van der Waals surface area (Å²) in [4.78, 5) is 2.24. The van der Waals surface area contributed by atoms with E-state index in [1.165, 1.54) is 28.1 Å². The largest absolute Gasteiger partial charge is 0.296 e. The number of sulfonamides is 1. The van der Waals surface area contributed by atoms with Crippen LogP contribution < -0.4 is 0 Å². The molecule has 1 aliphatic heterocycles. The monoisotopic (exact) mass is 412 g/mol. The van der Waals surface area contributed by atoms with Crippen LogP contribution in [0.2, 0.25) is 0 Å². The minimum absolute atomic E-state index is 0.0155. The van der Waals surface area contributed by atoms with Crippen molar-refractivity contribution >= 4 is 26.0 Å². The van der Waals surface area contributed by atoms with E-state index in [2.05, 4.69) is 26.9 Å². The molecule has 0 amide bonds. The third-order valence-corrected chi connectivity index (χ3v) is 6.79. The molecule has 4 nitrogen and oxygen atoms in total. The maximum absolute atomic E-state index is 13.3. The van der Waals surface area contributed by atoms with Gasteiger partial charge < -0.3 is 0 Å². The normalized spacial score (nSPS) is 17.1. The van der Waals surface area contributed by atoms with Crippen LogP contribution in [0.1, 0.15) is 5.56 Å². The molecule has 1 saturated heterocycles. The SMILES string of the molecule is O=S(=O)(c1cccc(F)c1)N1CCN(Cc2ccccc2Br)CC1. The minimum atomic E-state index is -3.63. The maximum Gasteiger partial charge on any atom is 0.243 e. The van der Waals surface area contributed by atoms with Gasteiger partial charge in [-0.3, -0.25) is 4.90 Å². The van der Waals surface area contributed by atoms with Crippen LogP contribution in [-0.4, -0.2) is 43.8 Å². The molecule has 1 heterocycles. The summed E-state index contributed by atoms with van der Waals surface area (Å²) in [5, 5.41) is 0. The van der Waals surface area contributed by atoms with Gasteiger partial charge in [-0.05, 0) is 29.8 Å². The lowest BCUT2D eigenvalue weighted by molar-refractivity contribution is 0.181. The van der Waals surface area contributed by atoms with E-state index in [0.29, 0.717) is 26.2 Å². The van der Waals surface area contributed by atoms with Crippen LogP contribution >= 0.6 is 15.9 Å². The summed E-state index contributed by atoms with van der Waals surface area (Å²) in [7, 11) is -3.63. The molecule has 0 atom stereocenters. The summed E-state index contributed by atoms with van der Waals surface area (Å²) >= 11 is 3.54. The molecule has 0 N–H and O–H groups in total. The highest BCUT2D eigenvalue weighted by Gasteiger charge is 2.28. The predicted molar refractivity (Wildman–Crippen MR) is 94.6 cm³/mol. The zero-order valence-electron chi connectivity index (χ0n) is 13.0. The minimum Gasteiger partial charge on any atom is -0.296 e. The Morgan fingerprint density at radius 2 is 1.71 bits per heavy atom. The summed E-state index contributed by atoms with van der Waals surface area (Å²) < 4.78 is 41.0. The van der Waals surface area contributed by atoms with Gasteiger partial charge in [0.15, 0.2) is 0 Å². The third-order valence-electron chi connectivity index (χ3n) is 4.12. The molecular weight excluding hydrogens is 395 g/mol. The average molecular weight is 413 g/mol. The maximum atomic E-state index is 13.3. The van der Waals surface area contributed by atoms with Crippen molar-refractivity contribution in [3.63, 3.8) is 0 Å². The fourth-order valence-electron chi connectivity index (χ4n) is 2.77. The molecule has 0 bridgehead atoms. The summed E-state index contributed by atoms with van der Waals surface area (Å²) in [6.45, 7) is 2.88. The molecule has 1 aliphatic rings. The Morgan fingerprint density at radius 3 is 2.38 bits per heavy atom. The zero-order valence-corrected chi connectivity index (χ0v) is 15.4. The first-order chi connectivity index (χ1) is 11.5. The topological polar surface area (TPSA) is 40.6 Å². The number of nitrogens with zero attached hydrogens (tertiary/aromatic N) is 2. The van der Waals surface area contributed by atoms with Crippen LogP contribution in [0.4, 0.5) is 4.39 Å². The van der Waals surface area contributed by atoms with Crippen LogP contribution in [0.15, 0.2) is 57.9 Å². The Balaban J connectivity index is 1.65. The van der Waals surface area contributed by atoms with Crippen molar-refractivity contribution in [2.75, 3.05) is 26.2 Å². The number of rotatable bonds is 4. The van der Waals surface area contributed by atoms with Crippen LogP contribution in [-0.2, 0) is 16.6 Å². The molecule has 24 heavy (non-hydrogen) atoms. The lowest BCUT2D eigenvalue weighted by atomic mass is 10.2. The molecular formula is C17H18BrFN2O2S. The first-order valence-corrected chi connectivity index (χ1v) is 9.91. The van der Waals surface area contributed by atoms with Gasteiger partial charge in [-0.2, -0.15) is 4.31 Å². The molecule has 128 valence electrons. The third kappa shape index (κ3) is 3.85. The van der Waals surface area contributed by atoms with Crippen molar-refractivity contribution in [1.29, 1.82) is 0 Å². The second-order valence-electron chi connectivity index (χ2n) is 5.73. The molecule has 0 aromatic heterocycles. The quantitative estimate of drug-likeness (QED) is 0.774.